The molecule has 0 bridgehead atoms. The summed E-state index contributed by atoms with van der Waals surface area (Å²) in [6, 6.07) is 3.61. The number of furan rings is 1. The summed E-state index contributed by atoms with van der Waals surface area (Å²) in [6.07, 6.45) is 0. The molecule has 0 atom stereocenters. The van der Waals surface area contributed by atoms with Crippen LogP contribution in [-0.4, -0.2) is 0 Å². The first kappa shape index (κ1) is 8.70. The van der Waals surface area contributed by atoms with Gasteiger partial charge in [-0.15, -0.1) is 0 Å². The SMILES string of the molecule is Cc1c(C#N)oc2cc(F)cc(F)c12. The Hall–Kier alpha value is -1.89. The fourth-order valence-electron chi connectivity index (χ4n) is 1.40. The number of fused-ring (bicyclic) bond motifs is 1. The van der Waals surface area contributed by atoms with Crippen LogP contribution < -0.4 is 0 Å². The second-order valence-electron chi connectivity index (χ2n) is 2.93. The van der Waals surface area contributed by atoms with Crippen molar-refractivity contribution in [3.8, 4) is 6.07 Å². The highest BCUT2D eigenvalue weighted by Gasteiger charge is 2.14. The third-order valence-electron chi connectivity index (χ3n) is 2.05. The molecule has 0 saturated heterocycles. The van der Waals surface area contributed by atoms with E-state index < -0.39 is 11.6 Å². The van der Waals surface area contributed by atoms with Crippen LogP contribution in [0.4, 0.5) is 8.78 Å². The number of hydrogen-bond donors (Lipinski definition) is 0. The topological polar surface area (TPSA) is 36.9 Å². The number of rotatable bonds is 0. The predicted octanol–water partition coefficient (Wildman–Crippen LogP) is 2.89. The van der Waals surface area contributed by atoms with E-state index in [9.17, 15) is 8.78 Å². The maximum Gasteiger partial charge on any atom is 0.207 e. The molecule has 0 aliphatic carbocycles. The van der Waals surface area contributed by atoms with Crippen LogP contribution in [0.15, 0.2) is 16.5 Å². The Morgan fingerprint density at radius 1 is 1.36 bits per heavy atom. The van der Waals surface area contributed by atoms with E-state index in [-0.39, 0.29) is 16.7 Å². The van der Waals surface area contributed by atoms with Crippen molar-refractivity contribution >= 4 is 11.0 Å². The van der Waals surface area contributed by atoms with E-state index in [4.69, 9.17) is 9.68 Å². The zero-order chi connectivity index (χ0) is 10.3. The van der Waals surface area contributed by atoms with Gasteiger partial charge in [0.1, 0.15) is 23.3 Å². The van der Waals surface area contributed by atoms with Crippen molar-refractivity contribution in [2.24, 2.45) is 0 Å². The Morgan fingerprint density at radius 2 is 2.07 bits per heavy atom. The molecular weight excluding hydrogens is 188 g/mol. The van der Waals surface area contributed by atoms with Crippen molar-refractivity contribution in [3.63, 3.8) is 0 Å². The second kappa shape index (κ2) is 2.81. The van der Waals surface area contributed by atoms with Crippen molar-refractivity contribution < 1.29 is 13.2 Å². The van der Waals surface area contributed by atoms with Gasteiger partial charge < -0.3 is 4.42 Å². The fourth-order valence-corrected chi connectivity index (χ4v) is 1.40. The molecule has 14 heavy (non-hydrogen) atoms. The lowest BCUT2D eigenvalue weighted by atomic mass is 10.1. The van der Waals surface area contributed by atoms with Gasteiger partial charge in [0.25, 0.3) is 0 Å². The van der Waals surface area contributed by atoms with Gasteiger partial charge >= 0.3 is 0 Å². The third-order valence-corrected chi connectivity index (χ3v) is 2.05. The molecule has 0 aliphatic rings. The Balaban J connectivity index is 2.94. The molecule has 0 amide bonds. The summed E-state index contributed by atoms with van der Waals surface area (Å²) in [5.41, 5.74) is 0.469. The van der Waals surface area contributed by atoms with Crippen LogP contribution in [0.1, 0.15) is 11.3 Å². The lowest BCUT2D eigenvalue weighted by Crippen LogP contribution is -1.81. The van der Waals surface area contributed by atoms with Crippen molar-refractivity contribution in [1.82, 2.24) is 0 Å². The van der Waals surface area contributed by atoms with E-state index in [1.807, 2.05) is 0 Å². The quantitative estimate of drug-likeness (QED) is 0.645. The number of aryl methyl sites for hydroxylation is 1. The number of nitrogens with zero attached hydrogens (tertiary/aromatic N) is 1. The second-order valence-corrected chi connectivity index (χ2v) is 2.93. The summed E-state index contributed by atoms with van der Waals surface area (Å²) < 4.78 is 31.0. The molecule has 0 N–H and O–H groups in total. The van der Waals surface area contributed by atoms with Gasteiger partial charge in [0, 0.05) is 17.7 Å². The van der Waals surface area contributed by atoms with Crippen molar-refractivity contribution in [1.29, 1.82) is 5.26 Å². The van der Waals surface area contributed by atoms with Crippen LogP contribution in [0.2, 0.25) is 0 Å². The van der Waals surface area contributed by atoms with Gasteiger partial charge in [-0.25, -0.2) is 8.78 Å². The minimum atomic E-state index is -0.715. The molecule has 0 fully saturated rings. The van der Waals surface area contributed by atoms with Crippen LogP contribution in [0, 0.1) is 29.9 Å². The number of hydrogen-bond acceptors (Lipinski definition) is 2. The molecule has 2 aromatic rings. The lowest BCUT2D eigenvalue weighted by molar-refractivity contribution is 0.571. The van der Waals surface area contributed by atoms with Crippen molar-refractivity contribution in [2.45, 2.75) is 6.92 Å². The Morgan fingerprint density at radius 3 is 2.71 bits per heavy atom. The monoisotopic (exact) mass is 193 g/mol. The molecule has 2 nitrogen and oxygen atoms in total. The molecule has 0 radical (unpaired) electrons. The van der Waals surface area contributed by atoms with Gasteiger partial charge in [0.15, 0.2) is 0 Å². The van der Waals surface area contributed by atoms with Crippen LogP contribution in [0.5, 0.6) is 0 Å². The van der Waals surface area contributed by atoms with Crippen molar-refractivity contribution in [2.75, 3.05) is 0 Å². The van der Waals surface area contributed by atoms with E-state index in [2.05, 4.69) is 0 Å². The predicted molar refractivity (Wildman–Crippen MR) is 45.6 cm³/mol. The van der Waals surface area contributed by atoms with E-state index >= 15 is 0 Å². The summed E-state index contributed by atoms with van der Waals surface area (Å²) in [4.78, 5) is 0. The Bertz CT molecular complexity index is 551. The fraction of sp³-hybridized carbons (Fsp3) is 0.100. The van der Waals surface area contributed by atoms with Crippen LogP contribution >= 0.6 is 0 Å². The largest absolute Gasteiger partial charge is 0.445 e. The van der Waals surface area contributed by atoms with Crippen LogP contribution in [0.25, 0.3) is 11.0 Å². The molecular formula is C10H5F2NO. The highest BCUT2D eigenvalue weighted by Crippen LogP contribution is 2.27. The first-order valence-corrected chi connectivity index (χ1v) is 3.91. The molecule has 0 saturated carbocycles. The van der Waals surface area contributed by atoms with Gasteiger partial charge in [0.2, 0.25) is 5.76 Å². The van der Waals surface area contributed by atoms with Gasteiger partial charge in [-0.2, -0.15) is 5.26 Å². The highest BCUT2D eigenvalue weighted by molar-refractivity contribution is 5.83. The van der Waals surface area contributed by atoms with Crippen LogP contribution in [-0.2, 0) is 0 Å². The van der Waals surface area contributed by atoms with Gasteiger partial charge in [-0.05, 0) is 6.92 Å². The Labute approximate surface area is 78.4 Å². The summed E-state index contributed by atoms with van der Waals surface area (Å²) in [6.45, 7) is 1.56. The lowest BCUT2D eigenvalue weighted by Gasteiger charge is -1.92. The molecule has 1 heterocycles. The zero-order valence-corrected chi connectivity index (χ0v) is 7.27. The van der Waals surface area contributed by atoms with E-state index in [0.717, 1.165) is 12.1 Å². The number of nitriles is 1. The van der Waals surface area contributed by atoms with Gasteiger partial charge in [0.05, 0.1) is 5.39 Å². The first-order chi connectivity index (χ1) is 6.63. The summed E-state index contributed by atoms with van der Waals surface area (Å²) >= 11 is 0. The maximum absolute atomic E-state index is 13.2. The van der Waals surface area contributed by atoms with Crippen LogP contribution in [0.3, 0.4) is 0 Å². The summed E-state index contributed by atoms with van der Waals surface area (Å²) in [7, 11) is 0. The molecule has 0 unspecified atom stereocenters. The summed E-state index contributed by atoms with van der Waals surface area (Å²) in [5.74, 6) is -1.40. The van der Waals surface area contributed by atoms with Gasteiger partial charge in [-0.1, -0.05) is 0 Å². The standard InChI is InChI=1S/C10H5F2NO/c1-5-9(4-13)14-8-3-6(11)2-7(12)10(5)8/h2-3H,1H3. The molecule has 2 rings (SSSR count). The number of benzene rings is 1. The molecule has 4 heteroatoms. The van der Waals surface area contributed by atoms with E-state index in [1.165, 1.54) is 0 Å². The molecule has 1 aromatic heterocycles. The number of halogens is 2. The molecule has 1 aromatic carbocycles. The average molecular weight is 193 g/mol. The van der Waals surface area contributed by atoms with E-state index in [1.54, 1.807) is 13.0 Å². The zero-order valence-electron chi connectivity index (χ0n) is 7.27. The smallest absolute Gasteiger partial charge is 0.207 e. The molecule has 0 aliphatic heterocycles. The normalized spacial score (nSPS) is 10.4. The molecule has 0 spiro atoms. The molecule has 70 valence electrons. The average Bonchev–Trinajstić information content (AvgIpc) is 2.42. The minimum Gasteiger partial charge on any atom is -0.445 e. The summed E-state index contributed by atoms with van der Waals surface area (Å²) in [5, 5.41) is 8.79. The Kier molecular flexibility index (Phi) is 1.74. The first-order valence-electron chi connectivity index (χ1n) is 3.91. The van der Waals surface area contributed by atoms with Gasteiger partial charge in [-0.3, -0.25) is 0 Å². The third kappa shape index (κ3) is 1.06. The van der Waals surface area contributed by atoms with Crippen molar-refractivity contribution in [3.05, 3.63) is 35.1 Å². The highest BCUT2D eigenvalue weighted by atomic mass is 19.1. The van der Waals surface area contributed by atoms with E-state index in [0.29, 0.717) is 5.56 Å². The minimum absolute atomic E-state index is 0.0181. The maximum atomic E-state index is 13.2.